The summed E-state index contributed by atoms with van der Waals surface area (Å²) in [6.45, 7) is 1.53. The van der Waals surface area contributed by atoms with Crippen molar-refractivity contribution in [2.24, 2.45) is 0 Å². The van der Waals surface area contributed by atoms with Gasteiger partial charge in [-0.2, -0.15) is 4.98 Å². The number of urea groups is 1. The standard InChI is InChI=1S/C21H20N4O5/c1-21(13-7-5-4-6-8-13)19(26)25(20(27)23-21)12-17-22-18(24-30-17)15-10-9-14(28-2)11-16(15)29-3/h4-11H,12H2,1-3H3,(H,23,27)/t21-/m1/s1. The average Bonchev–Trinajstić information content (AvgIpc) is 3.33. The Labute approximate surface area is 172 Å². The van der Waals surface area contributed by atoms with Crippen molar-refractivity contribution >= 4 is 11.9 Å². The van der Waals surface area contributed by atoms with E-state index in [1.807, 2.05) is 18.2 Å². The lowest BCUT2D eigenvalue weighted by atomic mass is 9.92. The molecule has 0 radical (unpaired) electrons. The number of rotatable bonds is 6. The molecule has 1 aromatic heterocycles. The number of nitrogens with zero attached hydrogens (tertiary/aromatic N) is 3. The van der Waals surface area contributed by atoms with Crippen molar-refractivity contribution in [1.82, 2.24) is 20.4 Å². The van der Waals surface area contributed by atoms with Gasteiger partial charge in [-0.1, -0.05) is 35.5 Å². The summed E-state index contributed by atoms with van der Waals surface area (Å²) >= 11 is 0. The summed E-state index contributed by atoms with van der Waals surface area (Å²) in [4.78, 5) is 30.9. The van der Waals surface area contributed by atoms with Gasteiger partial charge in [-0.15, -0.1) is 0 Å². The zero-order chi connectivity index (χ0) is 21.3. The third-order valence-electron chi connectivity index (χ3n) is 5.04. The van der Waals surface area contributed by atoms with Crippen LogP contribution in [0.3, 0.4) is 0 Å². The molecule has 154 valence electrons. The highest BCUT2D eigenvalue weighted by Gasteiger charge is 2.49. The summed E-state index contributed by atoms with van der Waals surface area (Å²) in [5.41, 5.74) is 0.139. The second-order valence-electron chi connectivity index (χ2n) is 6.89. The van der Waals surface area contributed by atoms with Crippen molar-refractivity contribution in [2.45, 2.75) is 19.0 Å². The van der Waals surface area contributed by atoms with Crippen molar-refractivity contribution in [3.8, 4) is 22.9 Å². The number of methoxy groups -OCH3 is 2. The van der Waals surface area contributed by atoms with Gasteiger partial charge in [-0.05, 0) is 24.6 Å². The minimum Gasteiger partial charge on any atom is -0.497 e. The first-order valence-electron chi connectivity index (χ1n) is 9.21. The second kappa shape index (κ2) is 7.51. The van der Waals surface area contributed by atoms with E-state index in [1.54, 1.807) is 44.4 Å². The number of hydrogen-bond acceptors (Lipinski definition) is 7. The quantitative estimate of drug-likeness (QED) is 0.625. The maximum atomic E-state index is 13.0. The number of carbonyl (C=O) groups is 2. The lowest BCUT2D eigenvalue weighted by Gasteiger charge is -2.21. The SMILES string of the molecule is COc1ccc(-c2noc(CN3C(=O)N[C@](C)(c4ccccc4)C3=O)n2)c(OC)c1. The molecule has 0 saturated carbocycles. The number of imide groups is 1. The Balaban J connectivity index is 1.57. The number of ether oxygens (including phenoxy) is 2. The summed E-state index contributed by atoms with van der Waals surface area (Å²) in [6.07, 6.45) is 0. The van der Waals surface area contributed by atoms with Crippen LogP contribution in [0.2, 0.25) is 0 Å². The molecule has 1 saturated heterocycles. The van der Waals surface area contributed by atoms with Crippen LogP contribution in [-0.2, 0) is 16.9 Å². The van der Waals surface area contributed by atoms with Crippen LogP contribution < -0.4 is 14.8 Å². The predicted octanol–water partition coefficient (Wildman–Crippen LogP) is 2.72. The van der Waals surface area contributed by atoms with Crippen LogP contribution in [0.4, 0.5) is 4.79 Å². The topological polar surface area (TPSA) is 107 Å². The van der Waals surface area contributed by atoms with E-state index >= 15 is 0 Å². The van der Waals surface area contributed by atoms with Crippen LogP contribution >= 0.6 is 0 Å². The molecule has 2 aromatic carbocycles. The molecule has 1 aliphatic heterocycles. The molecule has 1 fully saturated rings. The fourth-order valence-corrected chi connectivity index (χ4v) is 3.35. The van der Waals surface area contributed by atoms with Crippen molar-refractivity contribution in [1.29, 1.82) is 0 Å². The fourth-order valence-electron chi connectivity index (χ4n) is 3.35. The molecular formula is C21H20N4O5. The van der Waals surface area contributed by atoms with Gasteiger partial charge in [-0.3, -0.25) is 9.69 Å². The van der Waals surface area contributed by atoms with Crippen molar-refractivity contribution < 1.29 is 23.6 Å². The third-order valence-corrected chi connectivity index (χ3v) is 5.04. The highest BCUT2D eigenvalue weighted by molar-refractivity contribution is 6.07. The predicted molar refractivity (Wildman–Crippen MR) is 106 cm³/mol. The van der Waals surface area contributed by atoms with Crippen molar-refractivity contribution in [2.75, 3.05) is 14.2 Å². The zero-order valence-corrected chi connectivity index (χ0v) is 16.7. The largest absolute Gasteiger partial charge is 0.497 e. The van der Waals surface area contributed by atoms with Gasteiger partial charge in [-0.25, -0.2) is 4.79 Å². The lowest BCUT2D eigenvalue weighted by molar-refractivity contribution is -0.131. The highest BCUT2D eigenvalue weighted by atomic mass is 16.5. The number of aromatic nitrogens is 2. The molecule has 1 atom stereocenters. The molecule has 9 heteroatoms. The summed E-state index contributed by atoms with van der Waals surface area (Å²) in [7, 11) is 3.08. The Morgan fingerprint density at radius 3 is 2.57 bits per heavy atom. The van der Waals surface area contributed by atoms with Crippen molar-refractivity contribution in [3.05, 3.63) is 60.0 Å². The number of benzene rings is 2. The van der Waals surface area contributed by atoms with E-state index in [2.05, 4.69) is 15.5 Å². The number of carbonyl (C=O) groups excluding carboxylic acids is 2. The molecule has 0 bridgehead atoms. The summed E-state index contributed by atoms with van der Waals surface area (Å²) in [5, 5.41) is 6.71. The first kappa shape index (κ1) is 19.4. The molecule has 0 aliphatic carbocycles. The molecule has 0 spiro atoms. The highest BCUT2D eigenvalue weighted by Crippen LogP contribution is 2.33. The van der Waals surface area contributed by atoms with Gasteiger partial charge in [0.1, 0.15) is 23.6 Å². The van der Waals surface area contributed by atoms with Crippen LogP contribution in [0.5, 0.6) is 11.5 Å². The Kier molecular flexibility index (Phi) is 4.86. The van der Waals surface area contributed by atoms with Gasteiger partial charge in [0.05, 0.1) is 19.8 Å². The minimum absolute atomic E-state index is 0.128. The summed E-state index contributed by atoms with van der Waals surface area (Å²) in [6, 6.07) is 13.7. The summed E-state index contributed by atoms with van der Waals surface area (Å²) < 4.78 is 15.8. The van der Waals surface area contributed by atoms with Crippen LogP contribution in [0, 0.1) is 0 Å². The maximum absolute atomic E-state index is 13.0. The third kappa shape index (κ3) is 3.24. The van der Waals surface area contributed by atoms with Gasteiger partial charge in [0.15, 0.2) is 0 Å². The minimum atomic E-state index is -1.15. The monoisotopic (exact) mass is 408 g/mol. The van der Waals surface area contributed by atoms with Crippen LogP contribution in [0.15, 0.2) is 53.1 Å². The van der Waals surface area contributed by atoms with E-state index in [1.165, 1.54) is 7.11 Å². The zero-order valence-electron chi connectivity index (χ0n) is 16.7. The molecule has 30 heavy (non-hydrogen) atoms. The van der Waals surface area contributed by atoms with Crippen LogP contribution in [0.25, 0.3) is 11.4 Å². The molecule has 1 aliphatic rings. The van der Waals surface area contributed by atoms with E-state index in [-0.39, 0.29) is 24.2 Å². The van der Waals surface area contributed by atoms with Crippen LogP contribution in [0.1, 0.15) is 18.4 Å². The average molecular weight is 408 g/mol. The molecule has 9 nitrogen and oxygen atoms in total. The maximum Gasteiger partial charge on any atom is 0.325 e. The Morgan fingerprint density at radius 2 is 1.87 bits per heavy atom. The van der Waals surface area contributed by atoms with E-state index in [0.29, 0.717) is 22.6 Å². The Hall–Kier alpha value is -3.88. The molecule has 2 heterocycles. The van der Waals surface area contributed by atoms with Gasteiger partial charge in [0.25, 0.3) is 5.91 Å². The molecule has 0 unspecified atom stereocenters. The van der Waals surface area contributed by atoms with Crippen molar-refractivity contribution in [3.63, 3.8) is 0 Å². The lowest BCUT2D eigenvalue weighted by Crippen LogP contribution is -2.40. The van der Waals surface area contributed by atoms with Gasteiger partial charge < -0.3 is 19.3 Å². The van der Waals surface area contributed by atoms with Crippen LogP contribution in [-0.4, -0.2) is 41.2 Å². The van der Waals surface area contributed by atoms with Gasteiger partial charge >= 0.3 is 6.03 Å². The normalized spacial score (nSPS) is 18.4. The smallest absolute Gasteiger partial charge is 0.325 e. The Morgan fingerprint density at radius 1 is 1.10 bits per heavy atom. The first-order valence-corrected chi connectivity index (χ1v) is 9.21. The molecule has 3 aromatic rings. The van der Waals surface area contributed by atoms with E-state index in [4.69, 9.17) is 14.0 Å². The first-order chi connectivity index (χ1) is 14.5. The Bertz CT molecular complexity index is 1100. The number of nitrogens with one attached hydrogen (secondary N) is 1. The summed E-state index contributed by atoms with van der Waals surface area (Å²) in [5.74, 6) is 1.15. The fraction of sp³-hybridized carbons (Fsp3) is 0.238. The molecular weight excluding hydrogens is 388 g/mol. The molecule has 4 rings (SSSR count). The molecule has 1 N–H and O–H groups in total. The van der Waals surface area contributed by atoms with Gasteiger partial charge in [0.2, 0.25) is 11.7 Å². The number of hydrogen-bond donors (Lipinski definition) is 1. The van der Waals surface area contributed by atoms with E-state index in [0.717, 1.165) is 4.90 Å². The van der Waals surface area contributed by atoms with Gasteiger partial charge in [0, 0.05) is 6.07 Å². The van der Waals surface area contributed by atoms with E-state index in [9.17, 15) is 9.59 Å². The van der Waals surface area contributed by atoms with E-state index < -0.39 is 11.6 Å². The second-order valence-corrected chi connectivity index (χ2v) is 6.89. The number of amides is 3. The molecule has 3 amide bonds.